The lowest BCUT2D eigenvalue weighted by Gasteiger charge is -2.21. The highest BCUT2D eigenvalue weighted by Gasteiger charge is 2.10. The molecule has 0 atom stereocenters. The van der Waals surface area contributed by atoms with E-state index >= 15 is 0 Å². The maximum absolute atomic E-state index is 10.6. The minimum absolute atomic E-state index is 0.102. The van der Waals surface area contributed by atoms with Gasteiger partial charge in [-0.1, -0.05) is 13.8 Å². The quantitative estimate of drug-likeness (QED) is 0.622. The molecule has 4 heteroatoms. The maximum atomic E-state index is 10.6. The first-order chi connectivity index (χ1) is 7.06. The van der Waals surface area contributed by atoms with Crippen LogP contribution in [0.25, 0.3) is 0 Å². The average molecular weight is 212 g/mol. The van der Waals surface area contributed by atoms with Crippen LogP contribution in [-0.2, 0) is 4.79 Å². The summed E-state index contributed by atoms with van der Waals surface area (Å²) in [5.74, 6) is -0.309. The Morgan fingerprint density at radius 2 is 2.13 bits per heavy atom. The molecule has 86 valence electrons. The van der Waals surface area contributed by atoms with E-state index in [2.05, 4.69) is 19.9 Å². The third-order valence-corrected chi connectivity index (χ3v) is 2.00. The summed E-state index contributed by atoms with van der Waals surface area (Å²) in [7, 11) is 0. The number of carbonyl (C=O) groups is 1. The predicted octanol–water partition coefficient (Wildman–Crippen LogP) is 1.72. The molecule has 1 N–H and O–H groups in total. The lowest BCUT2D eigenvalue weighted by Crippen LogP contribution is -2.33. The number of hydrogen-bond acceptors (Lipinski definition) is 3. The van der Waals surface area contributed by atoms with Crippen molar-refractivity contribution in [1.29, 1.82) is 5.26 Å². The first-order valence-corrected chi connectivity index (χ1v) is 5.37. The number of nitriles is 1. The number of rotatable bonds is 8. The summed E-state index contributed by atoms with van der Waals surface area (Å²) in [6, 6.07) is 2.09. The van der Waals surface area contributed by atoms with Gasteiger partial charge in [-0.3, -0.25) is 9.69 Å². The molecule has 0 bridgehead atoms. The molecule has 0 unspecified atom stereocenters. The van der Waals surface area contributed by atoms with Crippen molar-refractivity contribution in [3.05, 3.63) is 0 Å². The monoisotopic (exact) mass is 212 g/mol. The van der Waals surface area contributed by atoms with E-state index in [0.717, 1.165) is 25.9 Å². The second-order valence-corrected chi connectivity index (χ2v) is 4.14. The number of unbranched alkanes of at least 4 members (excludes halogenated alkanes) is 2. The zero-order chi connectivity index (χ0) is 11.7. The van der Waals surface area contributed by atoms with Crippen LogP contribution in [0, 0.1) is 17.2 Å². The highest BCUT2D eigenvalue weighted by molar-refractivity contribution is 5.69. The Balaban J connectivity index is 3.80. The molecule has 0 aromatic heterocycles. The summed E-state index contributed by atoms with van der Waals surface area (Å²) in [6.07, 6.45) is 2.31. The van der Waals surface area contributed by atoms with Gasteiger partial charge in [0.25, 0.3) is 0 Å². The van der Waals surface area contributed by atoms with E-state index in [0.29, 0.717) is 12.3 Å². The Morgan fingerprint density at radius 3 is 2.60 bits per heavy atom. The second-order valence-electron chi connectivity index (χ2n) is 4.14. The molecule has 0 saturated carbocycles. The van der Waals surface area contributed by atoms with E-state index in [1.54, 1.807) is 0 Å². The fourth-order valence-electron chi connectivity index (χ4n) is 1.48. The summed E-state index contributed by atoms with van der Waals surface area (Å²) < 4.78 is 0. The molecule has 4 nitrogen and oxygen atoms in total. The Bertz CT molecular complexity index is 221. The first kappa shape index (κ1) is 13.9. The van der Waals surface area contributed by atoms with Gasteiger partial charge in [-0.25, -0.2) is 0 Å². The molecule has 15 heavy (non-hydrogen) atoms. The van der Waals surface area contributed by atoms with Crippen molar-refractivity contribution < 1.29 is 9.90 Å². The van der Waals surface area contributed by atoms with Gasteiger partial charge in [-0.2, -0.15) is 5.26 Å². The second kappa shape index (κ2) is 8.25. The summed E-state index contributed by atoms with van der Waals surface area (Å²) in [5.41, 5.74) is 0. The Kier molecular flexibility index (Phi) is 7.65. The van der Waals surface area contributed by atoms with Gasteiger partial charge in [0.1, 0.15) is 0 Å². The fraction of sp³-hybridized carbons (Fsp3) is 0.818. The predicted molar refractivity (Wildman–Crippen MR) is 58.4 cm³/mol. The van der Waals surface area contributed by atoms with Crippen LogP contribution in [0.15, 0.2) is 0 Å². The van der Waals surface area contributed by atoms with E-state index in [1.165, 1.54) is 0 Å². The topological polar surface area (TPSA) is 64.3 Å². The van der Waals surface area contributed by atoms with Crippen LogP contribution in [0.3, 0.4) is 0 Å². The van der Waals surface area contributed by atoms with Crippen molar-refractivity contribution in [1.82, 2.24) is 4.90 Å². The molecule has 0 aliphatic heterocycles. The van der Waals surface area contributed by atoms with E-state index in [4.69, 9.17) is 10.4 Å². The molecule has 0 fully saturated rings. The summed E-state index contributed by atoms with van der Waals surface area (Å²) in [6.45, 7) is 5.82. The van der Waals surface area contributed by atoms with Crippen molar-refractivity contribution >= 4 is 5.97 Å². The molecule has 0 spiro atoms. The third kappa shape index (κ3) is 9.23. The van der Waals surface area contributed by atoms with Crippen molar-refractivity contribution in [2.75, 3.05) is 19.6 Å². The zero-order valence-electron chi connectivity index (χ0n) is 9.57. The summed E-state index contributed by atoms with van der Waals surface area (Å²) in [4.78, 5) is 12.5. The summed E-state index contributed by atoms with van der Waals surface area (Å²) >= 11 is 0. The number of aliphatic carboxylic acids is 1. The maximum Gasteiger partial charge on any atom is 0.317 e. The SMILES string of the molecule is CC(C)CN(CCCCC#N)CC(=O)O. The van der Waals surface area contributed by atoms with Gasteiger partial charge in [0.15, 0.2) is 0 Å². The molecular weight excluding hydrogens is 192 g/mol. The van der Waals surface area contributed by atoms with E-state index in [9.17, 15) is 4.79 Å². The largest absolute Gasteiger partial charge is 0.480 e. The van der Waals surface area contributed by atoms with Crippen molar-refractivity contribution in [3.8, 4) is 6.07 Å². The number of carboxylic acid groups (broad SMARTS) is 1. The normalized spacial score (nSPS) is 10.6. The third-order valence-electron chi connectivity index (χ3n) is 2.00. The van der Waals surface area contributed by atoms with E-state index < -0.39 is 5.97 Å². The van der Waals surface area contributed by atoms with Gasteiger partial charge in [-0.05, 0) is 25.3 Å². The van der Waals surface area contributed by atoms with Crippen LogP contribution in [0.1, 0.15) is 33.1 Å². The molecule has 0 heterocycles. The smallest absolute Gasteiger partial charge is 0.317 e. The Hall–Kier alpha value is -1.08. The number of carboxylic acids is 1. The van der Waals surface area contributed by atoms with Crippen molar-refractivity contribution in [2.24, 2.45) is 5.92 Å². The van der Waals surface area contributed by atoms with Crippen LogP contribution >= 0.6 is 0 Å². The highest BCUT2D eigenvalue weighted by Crippen LogP contribution is 2.02. The van der Waals surface area contributed by atoms with Gasteiger partial charge in [-0.15, -0.1) is 0 Å². The number of nitrogens with zero attached hydrogens (tertiary/aromatic N) is 2. The van der Waals surface area contributed by atoms with Crippen LogP contribution in [0.2, 0.25) is 0 Å². The Labute approximate surface area is 91.5 Å². The molecule has 0 aliphatic carbocycles. The van der Waals surface area contributed by atoms with Crippen LogP contribution in [0.4, 0.5) is 0 Å². The lowest BCUT2D eigenvalue weighted by molar-refractivity contribution is -0.138. The highest BCUT2D eigenvalue weighted by atomic mass is 16.4. The Morgan fingerprint density at radius 1 is 1.47 bits per heavy atom. The molecule has 0 aromatic rings. The lowest BCUT2D eigenvalue weighted by atomic mass is 10.2. The minimum Gasteiger partial charge on any atom is -0.480 e. The van der Waals surface area contributed by atoms with Gasteiger partial charge < -0.3 is 5.11 Å². The van der Waals surface area contributed by atoms with Crippen LogP contribution in [0.5, 0.6) is 0 Å². The minimum atomic E-state index is -0.782. The van der Waals surface area contributed by atoms with Gasteiger partial charge in [0.2, 0.25) is 0 Å². The number of hydrogen-bond donors (Lipinski definition) is 1. The van der Waals surface area contributed by atoms with Gasteiger partial charge in [0.05, 0.1) is 12.6 Å². The molecule has 0 amide bonds. The molecule has 0 radical (unpaired) electrons. The van der Waals surface area contributed by atoms with Gasteiger partial charge >= 0.3 is 5.97 Å². The molecule has 0 rings (SSSR count). The van der Waals surface area contributed by atoms with Crippen LogP contribution < -0.4 is 0 Å². The van der Waals surface area contributed by atoms with E-state index in [1.807, 2.05) is 4.90 Å². The average Bonchev–Trinajstić information content (AvgIpc) is 2.10. The molecule has 0 aliphatic rings. The first-order valence-electron chi connectivity index (χ1n) is 5.37. The van der Waals surface area contributed by atoms with Crippen molar-refractivity contribution in [3.63, 3.8) is 0 Å². The standard InChI is InChI=1S/C11H20N2O2/c1-10(2)8-13(9-11(14)15)7-5-3-4-6-12/h10H,3-5,7-9H2,1-2H3,(H,14,15). The molecule has 0 saturated heterocycles. The summed E-state index contributed by atoms with van der Waals surface area (Å²) in [5, 5.41) is 17.1. The van der Waals surface area contributed by atoms with E-state index in [-0.39, 0.29) is 6.54 Å². The molecule has 0 aromatic carbocycles. The van der Waals surface area contributed by atoms with Crippen LogP contribution in [-0.4, -0.2) is 35.6 Å². The zero-order valence-corrected chi connectivity index (χ0v) is 9.57. The molecular formula is C11H20N2O2. The fourth-order valence-corrected chi connectivity index (χ4v) is 1.48. The van der Waals surface area contributed by atoms with Crippen molar-refractivity contribution in [2.45, 2.75) is 33.1 Å². The van der Waals surface area contributed by atoms with Gasteiger partial charge in [0, 0.05) is 13.0 Å².